The van der Waals surface area contributed by atoms with E-state index in [1.165, 1.54) is 36.4 Å². The van der Waals surface area contributed by atoms with E-state index in [-0.39, 0.29) is 93.7 Å². The third-order valence-electron chi connectivity index (χ3n) is 17.8. The largest absolute Gasteiger partial charge is 0.490 e. The number of nitrogens with one attached hydrogen (secondary N) is 3. The van der Waals surface area contributed by atoms with Crippen molar-refractivity contribution in [2.45, 2.75) is 91.4 Å². The van der Waals surface area contributed by atoms with Gasteiger partial charge in [-0.3, -0.25) is 14.0 Å². The van der Waals surface area contributed by atoms with Crippen LogP contribution in [0.3, 0.4) is 0 Å². The van der Waals surface area contributed by atoms with Crippen molar-refractivity contribution in [1.82, 2.24) is 121 Å². The van der Waals surface area contributed by atoms with Crippen molar-refractivity contribution >= 4 is 17.5 Å². The van der Waals surface area contributed by atoms with Crippen LogP contribution in [0.1, 0.15) is 65.7 Å². The Balaban J connectivity index is 0.000000140. The minimum absolute atomic E-state index is 0.125. The number of nitrogens with zero attached hydrogens (tertiary/aromatic N) is 21. The van der Waals surface area contributed by atoms with Gasteiger partial charge in [0.05, 0.1) is 48.5 Å². The molecule has 0 aliphatic carbocycles. The van der Waals surface area contributed by atoms with E-state index >= 15 is 13.2 Å². The zero-order chi connectivity index (χ0) is 73.1. The molecule has 0 bridgehead atoms. The SMILES string of the molecule is CCCn1cc(-c2cnc(N)c(-c3nnnn3-c3ccc(OC[C@@H]4CCNC4)c(F)c3F)c2)cn1.CCCn1cc(-c2cnc(N)c(-c3nnnn3-c3ccc(OC[C@H]4CCCN4)c(F)c3F)c2)cn1.CCCn1cc(-c2cnc(N)c(-c3nnnn3-c3ccc(OC[C@H]4CCNC4)c(F)c3F)c2)cn1. The molecule has 546 valence electrons. The van der Waals surface area contributed by atoms with Crippen LogP contribution in [0.2, 0.25) is 0 Å². The molecule has 3 atom stereocenters. The Morgan fingerprint density at radius 3 is 1.10 bits per heavy atom. The van der Waals surface area contributed by atoms with E-state index in [4.69, 9.17) is 31.4 Å². The summed E-state index contributed by atoms with van der Waals surface area (Å²) in [5.41, 5.74) is 23.7. The fourth-order valence-corrected chi connectivity index (χ4v) is 12.2. The molecule has 3 saturated heterocycles. The smallest absolute Gasteiger partial charge is 0.202 e. The molecule has 3 aliphatic heterocycles. The van der Waals surface area contributed by atoms with Gasteiger partial charge < -0.3 is 47.4 Å². The van der Waals surface area contributed by atoms with Crippen LogP contribution in [-0.4, -0.2) is 164 Å². The van der Waals surface area contributed by atoms with Crippen molar-refractivity contribution < 1.29 is 40.6 Å². The van der Waals surface area contributed by atoms with Gasteiger partial charge in [-0.2, -0.15) is 42.5 Å². The van der Waals surface area contributed by atoms with Crippen LogP contribution in [-0.2, 0) is 19.6 Å². The molecule has 9 N–H and O–H groups in total. The average Bonchev–Trinajstić information content (AvgIpc) is 1.75. The molecule has 3 aliphatic rings. The fourth-order valence-electron chi connectivity index (χ4n) is 12.2. The second-order valence-corrected chi connectivity index (χ2v) is 25.3. The van der Waals surface area contributed by atoms with Crippen molar-refractivity contribution in [2.24, 2.45) is 11.8 Å². The zero-order valence-corrected chi connectivity index (χ0v) is 57.5. The van der Waals surface area contributed by atoms with Gasteiger partial charge in [-0.15, -0.1) is 15.3 Å². The molecule has 0 radical (unpaired) electrons. The standard InChI is InChI=1S/3C23H25F2N9O/c1-2-8-33-12-15(11-29-33)14-9-17(22(26)28-10-14)23-30-31-32-34(23)18-5-6-19(21(25)20(18)24)35-13-16-4-3-7-27-16;2*1-2-7-33-12-16(11-29-33)15-8-17(22(26)28-10-15)23-30-31-32-34(23)18-3-4-19(21(25)20(18)24)35-13-14-5-6-27-9-14/h5-6,9-12,16,27H,2-4,7-8,13H2,1H3,(H2,26,28);2*3-4,8,10-12,14,27H,2,5-7,9,13H2,1H3,(H2,26,28)/t16-;2*14-/m110/s1. The summed E-state index contributed by atoms with van der Waals surface area (Å²) in [6.45, 7) is 13.7. The normalized spacial score (nSPS) is 15.6. The summed E-state index contributed by atoms with van der Waals surface area (Å²) in [5.74, 6) is -5.79. The fraction of sp³-hybridized carbons (Fsp3) is 0.348. The summed E-state index contributed by atoms with van der Waals surface area (Å²) < 4.78 is 115. The van der Waals surface area contributed by atoms with E-state index in [0.29, 0.717) is 29.9 Å². The van der Waals surface area contributed by atoms with E-state index in [1.54, 1.807) is 55.4 Å². The van der Waals surface area contributed by atoms with E-state index in [1.807, 2.05) is 32.6 Å². The minimum Gasteiger partial charge on any atom is -0.490 e. The summed E-state index contributed by atoms with van der Waals surface area (Å²) >= 11 is 0. The van der Waals surface area contributed by atoms with Gasteiger partial charge in [-0.1, -0.05) is 20.8 Å². The number of tetrazole rings is 3. The number of ether oxygens (including phenoxy) is 3. The number of aryl methyl sites for hydroxylation is 3. The second kappa shape index (κ2) is 32.7. The molecule has 12 aromatic rings. The predicted molar refractivity (Wildman–Crippen MR) is 374 cm³/mol. The highest BCUT2D eigenvalue weighted by atomic mass is 19.2. The van der Waals surface area contributed by atoms with Crippen LogP contribution in [0, 0.1) is 46.7 Å². The lowest BCUT2D eigenvalue weighted by molar-refractivity contribution is 0.246. The monoisotopic (exact) mass is 1440 g/mol. The summed E-state index contributed by atoms with van der Waals surface area (Å²) in [4.78, 5) is 12.8. The summed E-state index contributed by atoms with van der Waals surface area (Å²) in [6, 6.07) is 13.6. The van der Waals surface area contributed by atoms with E-state index < -0.39 is 34.9 Å². The van der Waals surface area contributed by atoms with Gasteiger partial charge in [0.25, 0.3) is 0 Å². The molecule has 12 heterocycles. The molecule has 105 heavy (non-hydrogen) atoms. The van der Waals surface area contributed by atoms with Gasteiger partial charge in [0.15, 0.2) is 52.2 Å². The van der Waals surface area contributed by atoms with Crippen molar-refractivity contribution in [3.05, 3.63) is 145 Å². The van der Waals surface area contributed by atoms with Crippen LogP contribution >= 0.6 is 0 Å². The van der Waals surface area contributed by atoms with Gasteiger partial charge >= 0.3 is 0 Å². The highest BCUT2D eigenvalue weighted by Gasteiger charge is 2.28. The maximum Gasteiger partial charge on any atom is 0.202 e. The number of nitrogens with two attached hydrogens (primary N) is 3. The summed E-state index contributed by atoms with van der Waals surface area (Å²) in [6.07, 6.45) is 22.4. The first-order valence-electron chi connectivity index (χ1n) is 34.3. The maximum atomic E-state index is 15.1. The number of rotatable bonds is 24. The Morgan fingerprint density at radius 2 is 0.781 bits per heavy atom. The van der Waals surface area contributed by atoms with Crippen LogP contribution in [0.25, 0.3) is 84.6 Å². The molecule has 0 amide bonds. The Hall–Kier alpha value is -11.8. The first kappa shape index (κ1) is 71.6. The molecule has 0 saturated carbocycles. The van der Waals surface area contributed by atoms with E-state index in [9.17, 15) is 13.2 Å². The highest BCUT2D eigenvalue weighted by molar-refractivity contribution is 5.79. The number of halogens is 6. The molecule has 15 rings (SSSR count). The van der Waals surface area contributed by atoms with Gasteiger partial charge in [0, 0.05) is 121 Å². The van der Waals surface area contributed by atoms with E-state index in [2.05, 4.69) is 114 Å². The van der Waals surface area contributed by atoms with Gasteiger partial charge in [0.2, 0.25) is 17.5 Å². The lowest BCUT2D eigenvalue weighted by atomic mass is 10.1. The zero-order valence-electron chi connectivity index (χ0n) is 57.5. The third kappa shape index (κ3) is 16.1. The number of nitrogen functional groups attached to an aromatic ring is 3. The van der Waals surface area contributed by atoms with Gasteiger partial charge in [-0.05, 0) is 150 Å². The molecule has 3 aromatic carbocycles. The Bertz CT molecular complexity index is 4480. The Morgan fingerprint density at radius 1 is 0.429 bits per heavy atom. The van der Waals surface area contributed by atoms with Crippen LogP contribution in [0.4, 0.5) is 43.8 Å². The molecule has 0 spiro atoms. The maximum absolute atomic E-state index is 15.1. The molecule has 0 unspecified atom stereocenters. The molecule has 36 heteroatoms. The topological polar surface area (TPSA) is 365 Å². The molecule has 30 nitrogen and oxygen atoms in total. The number of aromatic nitrogens is 21. The Kier molecular flexibility index (Phi) is 22.3. The number of pyridine rings is 3. The third-order valence-corrected chi connectivity index (χ3v) is 17.8. The molecular weight excluding hydrogens is 1370 g/mol. The quantitative estimate of drug-likeness (QED) is 0.0308. The number of hydrogen-bond donors (Lipinski definition) is 6. The number of anilines is 3. The lowest BCUT2D eigenvalue weighted by Crippen LogP contribution is -2.28. The van der Waals surface area contributed by atoms with E-state index in [0.717, 1.165) is 145 Å². The van der Waals surface area contributed by atoms with Crippen LogP contribution < -0.4 is 47.4 Å². The summed E-state index contributed by atoms with van der Waals surface area (Å²) in [5, 5.41) is 57.3. The number of benzene rings is 3. The van der Waals surface area contributed by atoms with Crippen molar-refractivity contribution in [1.29, 1.82) is 0 Å². The highest BCUT2D eigenvalue weighted by Crippen LogP contribution is 2.36. The van der Waals surface area contributed by atoms with Crippen molar-refractivity contribution in [3.63, 3.8) is 0 Å². The lowest BCUT2D eigenvalue weighted by Gasteiger charge is -2.14. The predicted octanol–water partition coefficient (Wildman–Crippen LogP) is 8.68. The second-order valence-electron chi connectivity index (χ2n) is 25.3. The van der Waals surface area contributed by atoms with Crippen molar-refractivity contribution in [3.8, 4) is 102 Å². The van der Waals surface area contributed by atoms with Crippen molar-refractivity contribution in [2.75, 3.05) is 69.7 Å². The molecule has 3 fully saturated rings. The van der Waals surface area contributed by atoms with Gasteiger partial charge in [0.1, 0.15) is 41.1 Å². The summed E-state index contributed by atoms with van der Waals surface area (Å²) in [7, 11) is 0. The first-order valence-corrected chi connectivity index (χ1v) is 34.3. The van der Waals surface area contributed by atoms with Gasteiger partial charge in [-0.25, -0.2) is 28.1 Å². The molecular formula is C69H75F6N27O3. The van der Waals surface area contributed by atoms with Crippen LogP contribution in [0.15, 0.2) is 110 Å². The number of hydrogen-bond acceptors (Lipinski definition) is 24. The average molecular weight is 1440 g/mol. The van der Waals surface area contributed by atoms with Crippen LogP contribution in [0.5, 0.6) is 17.2 Å². The first-order chi connectivity index (χ1) is 51.1. The Labute approximate surface area is 596 Å². The molecule has 9 aromatic heterocycles. The minimum atomic E-state index is -1.13.